The van der Waals surface area contributed by atoms with Crippen molar-refractivity contribution >= 4 is 16.7 Å². The summed E-state index contributed by atoms with van der Waals surface area (Å²) in [6.45, 7) is 1.69. The number of nitrogens with two attached hydrogens (primary N) is 1. The maximum atomic E-state index is 13.6. The number of nitrogens with zero attached hydrogens (tertiary/aromatic N) is 4. The van der Waals surface area contributed by atoms with Gasteiger partial charge in [0.25, 0.3) is 5.89 Å². The molecule has 0 saturated heterocycles. The molecule has 0 radical (unpaired) electrons. The Morgan fingerprint density at radius 3 is 2.54 bits per heavy atom. The number of alkyl halides is 3. The predicted molar refractivity (Wildman–Crippen MR) is 130 cm³/mol. The molecule has 37 heavy (non-hydrogen) atoms. The van der Waals surface area contributed by atoms with Crippen LogP contribution in [-0.2, 0) is 17.5 Å². The number of aromatic nitrogens is 4. The third-order valence-corrected chi connectivity index (χ3v) is 5.70. The molecule has 0 spiro atoms. The molecule has 1 atom stereocenters. The SMILES string of the molecule is C[C@H](N)C(=O)NCc1cccc(-n2nc(C(F)(F)F)cc2-c2nnc(-c3cccc4ccccc34)o2)c1. The molecule has 0 aliphatic carbocycles. The van der Waals surface area contributed by atoms with Crippen molar-refractivity contribution in [3.8, 4) is 28.7 Å². The van der Waals surface area contributed by atoms with Crippen LogP contribution in [0.25, 0.3) is 39.5 Å². The van der Waals surface area contributed by atoms with Crippen LogP contribution in [0.5, 0.6) is 0 Å². The zero-order valence-electron chi connectivity index (χ0n) is 19.5. The first-order chi connectivity index (χ1) is 17.7. The number of rotatable bonds is 6. The highest BCUT2D eigenvalue weighted by atomic mass is 19.4. The molecule has 0 fully saturated rings. The highest BCUT2D eigenvalue weighted by Gasteiger charge is 2.36. The van der Waals surface area contributed by atoms with Crippen LogP contribution in [0.1, 0.15) is 18.2 Å². The van der Waals surface area contributed by atoms with E-state index in [1.165, 1.54) is 0 Å². The first-order valence-corrected chi connectivity index (χ1v) is 11.3. The second-order valence-electron chi connectivity index (χ2n) is 8.44. The fraction of sp³-hybridized carbons (Fsp3) is 0.154. The van der Waals surface area contributed by atoms with Crippen molar-refractivity contribution in [2.45, 2.75) is 25.7 Å². The first-order valence-electron chi connectivity index (χ1n) is 11.3. The number of hydrogen-bond donors (Lipinski definition) is 2. The maximum absolute atomic E-state index is 13.6. The van der Waals surface area contributed by atoms with E-state index in [-0.39, 0.29) is 29.9 Å². The summed E-state index contributed by atoms with van der Waals surface area (Å²) in [5.74, 6) is -0.307. The lowest BCUT2D eigenvalue weighted by Gasteiger charge is -2.10. The molecule has 0 aliphatic rings. The number of carbonyl (C=O) groups is 1. The van der Waals surface area contributed by atoms with Crippen molar-refractivity contribution in [1.29, 1.82) is 0 Å². The number of hydrogen-bond acceptors (Lipinski definition) is 6. The van der Waals surface area contributed by atoms with Gasteiger partial charge in [-0.1, -0.05) is 48.5 Å². The zero-order valence-corrected chi connectivity index (χ0v) is 19.5. The van der Waals surface area contributed by atoms with Crippen LogP contribution in [0.15, 0.2) is 77.2 Å². The first kappa shape index (κ1) is 24.2. The molecule has 11 heteroatoms. The lowest BCUT2D eigenvalue weighted by molar-refractivity contribution is -0.141. The molecular weight excluding hydrogens is 485 g/mol. The monoisotopic (exact) mass is 506 g/mol. The van der Waals surface area contributed by atoms with Crippen molar-refractivity contribution in [3.63, 3.8) is 0 Å². The van der Waals surface area contributed by atoms with Gasteiger partial charge in [-0.2, -0.15) is 18.3 Å². The van der Waals surface area contributed by atoms with E-state index in [9.17, 15) is 18.0 Å². The molecule has 188 valence electrons. The lowest BCUT2D eigenvalue weighted by atomic mass is 10.0. The summed E-state index contributed by atoms with van der Waals surface area (Å²) in [6.07, 6.45) is -4.69. The molecule has 5 rings (SSSR count). The van der Waals surface area contributed by atoms with Crippen LogP contribution < -0.4 is 11.1 Å². The average Bonchev–Trinajstić information content (AvgIpc) is 3.55. The summed E-state index contributed by atoms with van der Waals surface area (Å²) in [4.78, 5) is 11.8. The number of carbonyl (C=O) groups excluding carboxylic acids is 1. The van der Waals surface area contributed by atoms with E-state index in [2.05, 4.69) is 20.6 Å². The molecule has 2 heterocycles. The van der Waals surface area contributed by atoms with Gasteiger partial charge in [0.15, 0.2) is 5.69 Å². The van der Waals surface area contributed by atoms with E-state index in [1.54, 1.807) is 37.3 Å². The average molecular weight is 506 g/mol. The van der Waals surface area contributed by atoms with Gasteiger partial charge >= 0.3 is 6.18 Å². The molecule has 8 nitrogen and oxygen atoms in total. The summed E-state index contributed by atoms with van der Waals surface area (Å²) in [5.41, 5.74) is 6.06. The van der Waals surface area contributed by atoms with E-state index in [1.807, 2.05) is 36.4 Å². The number of nitrogens with one attached hydrogen (secondary N) is 1. The molecule has 2 aromatic heterocycles. The quantitative estimate of drug-likeness (QED) is 0.345. The third kappa shape index (κ3) is 4.94. The van der Waals surface area contributed by atoms with E-state index >= 15 is 0 Å². The van der Waals surface area contributed by atoms with E-state index in [4.69, 9.17) is 10.2 Å². The van der Waals surface area contributed by atoms with Gasteiger partial charge in [0, 0.05) is 18.2 Å². The highest BCUT2D eigenvalue weighted by molar-refractivity contribution is 5.94. The second-order valence-corrected chi connectivity index (χ2v) is 8.44. The van der Waals surface area contributed by atoms with Gasteiger partial charge in [-0.25, -0.2) is 4.68 Å². The smallest absolute Gasteiger partial charge is 0.415 e. The van der Waals surface area contributed by atoms with Gasteiger partial charge in [0.05, 0.1) is 11.7 Å². The van der Waals surface area contributed by atoms with Crippen molar-refractivity contribution in [3.05, 3.63) is 84.1 Å². The molecule has 5 aromatic rings. The largest absolute Gasteiger partial charge is 0.435 e. The van der Waals surface area contributed by atoms with Crippen LogP contribution in [0, 0.1) is 0 Å². The molecule has 3 N–H and O–H groups in total. The molecule has 0 saturated carbocycles. The Bertz CT molecular complexity index is 1580. The number of halogens is 3. The molecular formula is C26H21F3N6O2. The molecule has 1 amide bonds. The zero-order chi connectivity index (χ0) is 26.2. The van der Waals surface area contributed by atoms with Gasteiger partial charge in [-0.15, -0.1) is 10.2 Å². The van der Waals surface area contributed by atoms with Gasteiger partial charge in [-0.05, 0) is 41.5 Å². The number of benzene rings is 3. The van der Waals surface area contributed by atoms with Crippen LogP contribution >= 0.6 is 0 Å². The molecule has 3 aromatic carbocycles. The van der Waals surface area contributed by atoms with Crippen molar-refractivity contribution in [2.24, 2.45) is 5.73 Å². The Kier molecular flexibility index (Phi) is 6.22. The Morgan fingerprint density at radius 2 is 1.76 bits per heavy atom. The van der Waals surface area contributed by atoms with Crippen molar-refractivity contribution < 1.29 is 22.4 Å². The third-order valence-electron chi connectivity index (χ3n) is 5.70. The molecule has 0 unspecified atom stereocenters. The summed E-state index contributed by atoms with van der Waals surface area (Å²) in [7, 11) is 0. The minimum absolute atomic E-state index is 0.0249. The van der Waals surface area contributed by atoms with Gasteiger partial charge < -0.3 is 15.5 Å². The molecule has 0 bridgehead atoms. The number of amides is 1. The number of fused-ring (bicyclic) bond motifs is 1. The second kappa shape index (κ2) is 9.51. The van der Waals surface area contributed by atoms with E-state index in [0.717, 1.165) is 21.5 Å². The fourth-order valence-electron chi connectivity index (χ4n) is 3.86. The Hall–Kier alpha value is -4.51. The van der Waals surface area contributed by atoms with Crippen LogP contribution in [0.4, 0.5) is 13.2 Å². The normalized spacial score (nSPS) is 12.6. The highest BCUT2D eigenvalue weighted by Crippen LogP contribution is 2.35. The van der Waals surface area contributed by atoms with Crippen LogP contribution in [0.2, 0.25) is 0 Å². The standard InChI is InChI=1S/C26H21F3N6O2/c1-15(30)23(36)31-14-16-6-4-9-18(12-16)35-21(13-22(34-35)26(27,28)29)25-33-32-24(37-25)20-11-5-8-17-7-2-3-10-19(17)20/h2-13,15H,14,30H2,1H3,(H,31,36)/t15-/m0/s1. The van der Waals surface area contributed by atoms with E-state index < -0.39 is 17.9 Å². The van der Waals surface area contributed by atoms with Crippen molar-refractivity contribution in [1.82, 2.24) is 25.3 Å². The summed E-state index contributed by atoms with van der Waals surface area (Å²) < 4.78 is 47.8. The molecule has 0 aliphatic heterocycles. The van der Waals surface area contributed by atoms with Crippen molar-refractivity contribution in [2.75, 3.05) is 0 Å². The Balaban J connectivity index is 1.55. The van der Waals surface area contributed by atoms with Gasteiger partial charge in [-0.3, -0.25) is 4.79 Å². The summed E-state index contributed by atoms with van der Waals surface area (Å²) in [6, 6.07) is 19.9. The van der Waals surface area contributed by atoms with Gasteiger partial charge in [0.1, 0.15) is 5.69 Å². The fourth-order valence-corrected chi connectivity index (χ4v) is 3.86. The topological polar surface area (TPSA) is 112 Å². The van der Waals surface area contributed by atoms with E-state index in [0.29, 0.717) is 16.8 Å². The summed E-state index contributed by atoms with van der Waals surface area (Å²) >= 11 is 0. The Morgan fingerprint density at radius 1 is 1.03 bits per heavy atom. The minimum Gasteiger partial charge on any atom is -0.415 e. The van der Waals surface area contributed by atoms with Crippen LogP contribution in [0.3, 0.4) is 0 Å². The Labute approximate surface area is 208 Å². The lowest BCUT2D eigenvalue weighted by Crippen LogP contribution is -2.37. The van der Waals surface area contributed by atoms with Gasteiger partial charge in [0.2, 0.25) is 11.8 Å². The predicted octanol–water partition coefficient (Wildman–Crippen LogP) is 4.72. The minimum atomic E-state index is -4.69. The summed E-state index contributed by atoms with van der Waals surface area (Å²) in [5, 5.41) is 16.4. The maximum Gasteiger partial charge on any atom is 0.435 e. The van der Waals surface area contributed by atoms with Crippen LogP contribution in [-0.4, -0.2) is 31.9 Å².